The summed E-state index contributed by atoms with van der Waals surface area (Å²) in [6, 6.07) is 3.88. The van der Waals surface area contributed by atoms with Gasteiger partial charge in [0.15, 0.2) is 4.67 Å². The fraction of sp³-hybridized carbons (Fsp3) is 0.545. The first-order chi connectivity index (χ1) is 7.65. The minimum absolute atomic E-state index is 0.167. The van der Waals surface area contributed by atoms with Gasteiger partial charge in [0.25, 0.3) is 0 Å². The molecular formula is C11H15BrN2O2. The maximum absolute atomic E-state index is 11.1. The minimum atomic E-state index is 0.167. The molecule has 4 nitrogen and oxygen atoms in total. The Balaban J connectivity index is 1.83. The van der Waals surface area contributed by atoms with Gasteiger partial charge >= 0.3 is 0 Å². The van der Waals surface area contributed by atoms with Gasteiger partial charge in [0, 0.05) is 33.1 Å². The quantitative estimate of drug-likeness (QED) is 0.831. The van der Waals surface area contributed by atoms with E-state index < -0.39 is 0 Å². The molecule has 0 radical (unpaired) electrons. The number of amides is 1. The highest BCUT2D eigenvalue weighted by atomic mass is 79.9. The average molecular weight is 287 g/mol. The van der Waals surface area contributed by atoms with Gasteiger partial charge in [-0.3, -0.25) is 9.69 Å². The molecule has 16 heavy (non-hydrogen) atoms. The molecule has 0 saturated carbocycles. The highest BCUT2D eigenvalue weighted by Gasteiger charge is 2.19. The van der Waals surface area contributed by atoms with Crippen LogP contribution < -0.4 is 0 Å². The normalized spacial score (nSPS) is 17.8. The minimum Gasteiger partial charge on any atom is -0.453 e. The zero-order valence-electron chi connectivity index (χ0n) is 9.28. The first-order valence-corrected chi connectivity index (χ1v) is 6.16. The lowest BCUT2D eigenvalue weighted by Gasteiger charge is -2.33. The van der Waals surface area contributed by atoms with E-state index in [9.17, 15) is 4.79 Å². The third kappa shape index (κ3) is 2.86. The van der Waals surface area contributed by atoms with Gasteiger partial charge in [-0.2, -0.15) is 0 Å². The predicted molar refractivity (Wildman–Crippen MR) is 63.9 cm³/mol. The van der Waals surface area contributed by atoms with Crippen LogP contribution in [0.4, 0.5) is 0 Å². The van der Waals surface area contributed by atoms with Crippen molar-refractivity contribution in [3.05, 3.63) is 22.6 Å². The first kappa shape index (κ1) is 11.7. The number of carbonyl (C=O) groups is 1. The molecule has 0 N–H and O–H groups in total. The van der Waals surface area contributed by atoms with E-state index in [0.29, 0.717) is 0 Å². The van der Waals surface area contributed by atoms with Gasteiger partial charge in [-0.1, -0.05) is 0 Å². The van der Waals surface area contributed by atoms with Crippen LogP contribution in [-0.4, -0.2) is 41.9 Å². The number of halogens is 1. The van der Waals surface area contributed by atoms with E-state index in [1.165, 1.54) is 0 Å². The smallest absolute Gasteiger partial charge is 0.219 e. The molecule has 0 spiro atoms. The Bertz CT molecular complexity index is 370. The lowest BCUT2D eigenvalue weighted by molar-refractivity contribution is -0.130. The SMILES string of the molecule is CC(=O)N1CCN(Cc2ccc(Br)o2)CC1. The molecule has 88 valence electrons. The summed E-state index contributed by atoms with van der Waals surface area (Å²) in [4.78, 5) is 15.3. The van der Waals surface area contributed by atoms with Crippen molar-refractivity contribution >= 4 is 21.8 Å². The second-order valence-electron chi connectivity index (χ2n) is 3.99. The van der Waals surface area contributed by atoms with Gasteiger partial charge < -0.3 is 9.32 Å². The van der Waals surface area contributed by atoms with Crippen molar-refractivity contribution < 1.29 is 9.21 Å². The van der Waals surface area contributed by atoms with Crippen LogP contribution in [0.25, 0.3) is 0 Å². The number of rotatable bonds is 2. The van der Waals surface area contributed by atoms with Crippen LogP contribution in [0.5, 0.6) is 0 Å². The van der Waals surface area contributed by atoms with Crippen molar-refractivity contribution in [2.75, 3.05) is 26.2 Å². The molecule has 2 rings (SSSR count). The van der Waals surface area contributed by atoms with E-state index in [1.54, 1.807) is 6.92 Å². The highest BCUT2D eigenvalue weighted by Crippen LogP contribution is 2.16. The summed E-state index contributed by atoms with van der Waals surface area (Å²) in [7, 11) is 0. The summed E-state index contributed by atoms with van der Waals surface area (Å²) in [6.45, 7) is 5.90. The first-order valence-electron chi connectivity index (χ1n) is 5.37. The number of carbonyl (C=O) groups excluding carboxylic acids is 1. The van der Waals surface area contributed by atoms with Crippen LogP contribution in [0.1, 0.15) is 12.7 Å². The molecule has 0 aliphatic carbocycles. The molecule has 1 saturated heterocycles. The van der Waals surface area contributed by atoms with E-state index >= 15 is 0 Å². The zero-order chi connectivity index (χ0) is 11.5. The third-order valence-electron chi connectivity index (χ3n) is 2.83. The van der Waals surface area contributed by atoms with Crippen molar-refractivity contribution in [1.82, 2.24) is 9.80 Å². The molecule has 1 aliphatic heterocycles. The van der Waals surface area contributed by atoms with Gasteiger partial charge in [0.05, 0.1) is 6.54 Å². The van der Waals surface area contributed by atoms with Crippen molar-refractivity contribution in [3.8, 4) is 0 Å². The maximum Gasteiger partial charge on any atom is 0.219 e. The molecule has 1 aromatic heterocycles. The summed E-state index contributed by atoms with van der Waals surface area (Å²) < 4.78 is 6.22. The number of piperazine rings is 1. The fourth-order valence-electron chi connectivity index (χ4n) is 1.88. The Morgan fingerprint density at radius 1 is 1.38 bits per heavy atom. The van der Waals surface area contributed by atoms with E-state index in [2.05, 4.69) is 20.8 Å². The van der Waals surface area contributed by atoms with Gasteiger partial charge in [-0.25, -0.2) is 0 Å². The standard InChI is InChI=1S/C11H15BrN2O2/c1-9(15)14-6-4-13(5-7-14)8-10-2-3-11(12)16-10/h2-3H,4-8H2,1H3. The maximum atomic E-state index is 11.1. The second kappa shape index (κ2) is 5.01. The third-order valence-corrected chi connectivity index (χ3v) is 3.25. The van der Waals surface area contributed by atoms with Gasteiger partial charge in [-0.05, 0) is 28.1 Å². The summed E-state index contributed by atoms with van der Waals surface area (Å²) in [5.74, 6) is 1.13. The van der Waals surface area contributed by atoms with Crippen LogP contribution in [0.2, 0.25) is 0 Å². The molecule has 1 fully saturated rings. The van der Waals surface area contributed by atoms with Crippen molar-refractivity contribution in [1.29, 1.82) is 0 Å². The van der Waals surface area contributed by atoms with E-state index in [-0.39, 0.29) is 5.91 Å². The van der Waals surface area contributed by atoms with Crippen molar-refractivity contribution in [2.24, 2.45) is 0 Å². The molecular weight excluding hydrogens is 272 g/mol. The summed E-state index contributed by atoms with van der Waals surface area (Å²) >= 11 is 3.29. The Morgan fingerprint density at radius 2 is 2.06 bits per heavy atom. The summed E-state index contributed by atoms with van der Waals surface area (Å²) in [5.41, 5.74) is 0. The Morgan fingerprint density at radius 3 is 2.56 bits per heavy atom. The van der Waals surface area contributed by atoms with E-state index in [4.69, 9.17) is 4.42 Å². The van der Waals surface area contributed by atoms with Crippen molar-refractivity contribution in [3.63, 3.8) is 0 Å². The molecule has 0 atom stereocenters. The Labute approximate surface area is 103 Å². The summed E-state index contributed by atoms with van der Waals surface area (Å²) in [5, 5.41) is 0. The zero-order valence-corrected chi connectivity index (χ0v) is 10.9. The number of furan rings is 1. The van der Waals surface area contributed by atoms with Gasteiger partial charge in [0.1, 0.15) is 5.76 Å². The predicted octanol–water partition coefficient (Wildman–Crippen LogP) is 1.71. The lowest BCUT2D eigenvalue weighted by Crippen LogP contribution is -2.47. The molecule has 5 heteroatoms. The molecule has 0 unspecified atom stereocenters. The molecule has 1 aromatic rings. The van der Waals surface area contributed by atoms with Crippen LogP contribution in [0.3, 0.4) is 0 Å². The van der Waals surface area contributed by atoms with Crippen LogP contribution in [-0.2, 0) is 11.3 Å². The molecule has 2 heterocycles. The van der Waals surface area contributed by atoms with Gasteiger partial charge in [-0.15, -0.1) is 0 Å². The molecule has 1 aliphatic rings. The second-order valence-corrected chi connectivity index (χ2v) is 4.77. The van der Waals surface area contributed by atoms with E-state index in [1.807, 2.05) is 17.0 Å². The summed E-state index contributed by atoms with van der Waals surface area (Å²) in [6.07, 6.45) is 0. The van der Waals surface area contributed by atoms with Crippen molar-refractivity contribution in [2.45, 2.75) is 13.5 Å². The fourth-order valence-corrected chi connectivity index (χ4v) is 2.22. The lowest BCUT2D eigenvalue weighted by atomic mass is 10.3. The topological polar surface area (TPSA) is 36.7 Å². The number of nitrogens with zero attached hydrogens (tertiary/aromatic N) is 2. The van der Waals surface area contributed by atoms with Crippen LogP contribution in [0.15, 0.2) is 21.2 Å². The Hall–Kier alpha value is -0.810. The van der Waals surface area contributed by atoms with Gasteiger partial charge in [0.2, 0.25) is 5.91 Å². The molecule has 1 amide bonds. The van der Waals surface area contributed by atoms with Crippen LogP contribution in [0, 0.1) is 0 Å². The largest absolute Gasteiger partial charge is 0.453 e. The number of hydrogen-bond donors (Lipinski definition) is 0. The van der Waals surface area contributed by atoms with Crippen LogP contribution >= 0.6 is 15.9 Å². The number of hydrogen-bond acceptors (Lipinski definition) is 3. The molecule has 0 aromatic carbocycles. The monoisotopic (exact) mass is 286 g/mol. The van der Waals surface area contributed by atoms with E-state index in [0.717, 1.165) is 43.2 Å². The highest BCUT2D eigenvalue weighted by molar-refractivity contribution is 9.10. The Kier molecular flexibility index (Phi) is 3.66. The average Bonchev–Trinajstić information content (AvgIpc) is 2.65. The molecule has 0 bridgehead atoms.